The van der Waals surface area contributed by atoms with E-state index in [2.05, 4.69) is 24.7 Å². The van der Waals surface area contributed by atoms with Crippen LogP contribution in [0, 0.1) is 0 Å². The molecule has 0 amide bonds. The fraction of sp³-hybridized carbons (Fsp3) is 0.500. The number of rotatable bonds is 5. The maximum Gasteiger partial charge on any atom is 0.195 e. The lowest BCUT2D eigenvalue weighted by atomic mass is 10.3. The van der Waals surface area contributed by atoms with Gasteiger partial charge in [-0.1, -0.05) is 19.9 Å². The summed E-state index contributed by atoms with van der Waals surface area (Å²) in [6.45, 7) is 8.08. The van der Waals surface area contributed by atoms with Crippen LogP contribution in [0.1, 0.15) is 19.8 Å². The second kappa shape index (κ2) is 5.95. The van der Waals surface area contributed by atoms with Gasteiger partial charge in [0.05, 0.1) is 12.7 Å². The minimum absolute atomic E-state index is 0. The number of aliphatic imine (C=N–C) groups is 1. The van der Waals surface area contributed by atoms with Gasteiger partial charge >= 0.3 is 0 Å². The minimum atomic E-state index is 0. The number of hydrogen-bond acceptors (Lipinski definition) is 1. The predicted octanol–water partition coefficient (Wildman–Crippen LogP) is -0.694. The molecule has 0 radical (unpaired) electrons. The van der Waals surface area contributed by atoms with E-state index < -0.39 is 0 Å². The van der Waals surface area contributed by atoms with E-state index in [4.69, 9.17) is 0 Å². The van der Waals surface area contributed by atoms with Crippen LogP contribution < -0.4 is 12.4 Å². The van der Waals surface area contributed by atoms with Crippen molar-refractivity contribution in [1.82, 2.24) is 0 Å². The average molecular weight is 201 g/mol. The van der Waals surface area contributed by atoms with E-state index in [0.717, 1.165) is 17.6 Å². The van der Waals surface area contributed by atoms with Crippen LogP contribution in [0.4, 0.5) is 0 Å². The van der Waals surface area contributed by atoms with Crippen molar-refractivity contribution in [3.05, 3.63) is 25.1 Å². The third-order valence-electron chi connectivity index (χ3n) is 2.14. The standard InChI is InChI=1S/C10H17N2.ClH/c1-3-5-8-12(7-4-2)9-6-11-10-12;/h4,6,9-10H,2-3,5,7-8H2,1H3;1H/q+1;/p-1. The maximum atomic E-state index is 4.13. The van der Waals surface area contributed by atoms with Gasteiger partial charge in [-0.05, 0) is 12.5 Å². The molecular weight excluding hydrogens is 184 g/mol. The first-order valence-corrected chi connectivity index (χ1v) is 4.52. The third-order valence-corrected chi connectivity index (χ3v) is 2.14. The molecule has 0 aromatic heterocycles. The third kappa shape index (κ3) is 3.33. The lowest BCUT2D eigenvalue weighted by molar-refractivity contribution is -0.772. The lowest BCUT2D eigenvalue weighted by Crippen LogP contribution is -3.00. The topological polar surface area (TPSA) is 12.4 Å². The molecule has 1 unspecified atom stereocenters. The van der Waals surface area contributed by atoms with Gasteiger partial charge in [-0.15, -0.1) is 0 Å². The number of quaternary nitrogens is 1. The Kier molecular flexibility index (Phi) is 5.67. The van der Waals surface area contributed by atoms with Crippen LogP contribution in [-0.4, -0.2) is 23.9 Å². The van der Waals surface area contributed by atoms with Crippen molar-refractivity contribution < 1.29 is 16.9 Å². The van der Waals surface area contributed by atoms with Gasteiger partial charge in [0, 0.05) is 0 Å². The zero-order valence-corrected chi connectivity index (χ0v) is 8.87. The van der Waals surface area contributed by atoms with Gasteiger partial charge < -0.3 is 12.4 Å². The summed E-state index contributed by atoms with van der Waals surface area (Å²) in [5.41, 5.74) is 0. The highest BCUT2D eigenvalue weighted by Crippen LogP contribution is 2.12. The molecule has 1 atom stereocenters. The molecule has 0 aromatic rings. The zero-order valence-electron chi connectivity index (χ0n) is 8.12. The second-order valence-corrected chi connectivity index (χ2v) is 3.21. The number of unbranched alkanes of at least 4 members (excludes halogenated alkanes) is 1. The monoisotopic (exact) mass is 200 g/mol. The fourth-order valence-electron chi connectivity index (χ4n) is 1.41. The normalized spacial score (nSPS) is 24.4. The van der Waals surface area contributed by atoms with Crippen molar-refractivity contribution in [2.45, 2.75) is 19.8 Å². The van der Waals surface area contributed by atoms with Gasteiger partial charge in [0.1, 0.15) is 12.7 Å². The van der Waals surface area contributed by atoms with Crippen LogP contribution in [-0.2, 0) is 0 Å². The van der Waals surface area contributed by atoms with Crippen molar-refractivity contribution in [3.8, 4) is 0 Å². The van der Waals surface area contributed by atoms with Crippen molar-refractivity contribution in [2.75, 3.05) is 13.1 Å². The molecule has 0 saturated carbocycles. The van der Waals surface area contributed by atoms with Crippen molar-refractivity contribution in [1.29, 1.82) is 0 Å². The smallest absolute Gasteiger partial charge is 0.195 e. The molecule has 0 aliphatic carbocycles. The Morgan fingerprint density at radius 1 is 1.54 bits per heavy atom. The Labute approximate surface area is 86.7 Å². The summed E-state index contributed by atoms with van der Waals surface area (Å²) >= 11 is 0. The fourth-order valence-corrected chi connectivity index (χ4v) is 1.41. The van der Waals surface area contributed by atoms with E-state index in [9.17, 15) is 0 Å². The largest absolute Gasteiger partial charge is 1.00 e. The van der Waals surface area contributed by atoms with E-state index in [1.54, 1.807) is 0 Å². The van der Waals surface area contributed by atoms with E-state index in [-0.39, 0.29) is 12.4 Å². The highest BCUT2D eigenvalue weighted by molar-refractivity contribution is 5.51. The quantitative estimate of drug-likeness (QED) is 0.412. The molecule has 1 aliphatic heterocycles. The SMILES string of the molecule is C=CC[N+]1(CCCC)C=CN=C1.[Cl-]. The van der Waals surface area contributed by atoms with Gasteiger partial charge in [0.2, 0.25) is 0 Å². The Bertz CT molecular complexity index is 197. The van der Waals surface area contributed by atoms with Crippen LogP contribution in [0.3, 0.4) is 0 Å². The number of nitrogens with zero attached hydrogens (tertiary/aromatic N) is 2. The van der Waals surface area contributed by atoms with Gasteiger partial charge in [-0.3, -0.25) is 4.48 Å². The first-order chi connectivity index (χ1) is 5.83. The summed E-state index contributed by atoms with van der Waals surface area (Å²) in [5, 5.41) is 0. The molecule has 3 heteroatoms. The summed E-state index contributed by atoms with van der Waals surface area (Å²) in [6, 6.07) is 0. The minimum Gasteiger partial charge on any atom is -1.00 e. The van der Waals surface area contributed by atoms with Crippen molar-refractivity contribution in [2.24, 2.45) is 4.99 Å². The first kappa shape index (κ1) is 12.4. The summed E-state index contributed by atoms with van der Waals surface area (Å²) in [6.07, 6.45) is 10.4. The van der Waals surface area contributed by atoms with Crippen LogP contribution in [0.2, 0.25) is 0 Å². The average Bonchev–Trinajstić information content (AvgIpc) is 2.51. The Morgan fingerprint density at radius 3 is 2.77 bits per heavy atom. The number of hydrogen-bond donors (Lipinski definition) is 0. The van der Waals surface area contributed by atoms with Gasteiger partial charge in [0.15, 0.2) is 6.34 Å². The van der Waals surface area contributed by atoms with E-state index >= 15 is 0 Å². The molecule has 0 saturated heterocycles. The van der Waals surface area contributed by atoms with E-state index in [0.29, 0.717) is 0 Å². The van der Waals surface area contributed by atoms with Crippen LogP contribution in [0.15, 0.2) is 30.0 Å². The second-order valence-electron chi connectivity index (χ2n) is 3.21. The molecule has 1 rings (SSSR count). The Morgan fingerprint density at radius 2 is 2.31 bits per heavy atom. The summed E-state index contributed by atoms with van der Waals surface area (Å²) < 4.78 is 0.858. The molecular formula is C10H17ClN2. The molecule has 13 heavy (non-hydrogen) atoms. The highest BCUT2D eigenvalue weighted by atomic mass is 35.5. The lowest BCUT2D eigenvalue weighted by Gasteiger charge is -2.25. The van der Waals surface area contributed by atoms with Gasteiger partial charge in [-0.25, -0.2) is 4.99 Å². The summed E-state index contributed by atoms with van der Waals surface area (Å²) in [4.78, 5) is 4.13. The molecule has 0 bridgehead atoms. The summed E-state index contributed by atoms with van der Waals surface area (Å²) in [5.74, 6) is 0. The molecule has 74 valence electrons. The van der Waals surface area contributed by atoms with E-state index in [1.807, 2.05) is 18.6 Å². The highest BCUT2D eigenvalue weighted by Gasteiger charge is 2.22. The summed E-state index contributed by atoms with van der Waals surface area (Å²) in [7, 11) is 0. The molecule has 1 aliphatic rings. The van der Waals surface area contributed by atoms with Gasteiger partial charge in [0.25, 0.3) is 0 Å². The predicted molar refractivity (Wildman–Crippen MR) is 52.7 cm³/mol. The van der Waals surface area contributed by atoms with Crippen molar-refractivity contribution >= 4 is 6.34 Å². The molecule has 0 fully saturated rings. The number of halogens is 1. The van der Waals surface area contributed by atoms with Crippen LogP contribution >= 0.6 is 0 Å². The van der Waals surface area contributed by atoms with Crippen LogP contribution in [0.25, 0.3) is 0 Å². The van der Waals surface area contributed by atoms with Crippen molar-refractivity contribution in [3.63, 3.8) is 0 Å². The molecule has 0 aromatic carbocycles. The molecule has 0 N–H and O–H groups in total. The first-order valence-electron chi connectivity index (χ1n) is 4.52. The Hall–Kier alpha value is -0.600. The molecule has 2 nitrogen and oxygen atoms in total. The van der Waals surface area contributed by atoms with E-state index in [1.165, 1.54) is 12.8 Å². The maximum absolute atomic E-state index is 4.13. The zero-order chi connectivity index (χ0) is 8.86. The van der Waals surface area contributed by atoms with Gasteiger partial charge in [-0.2, -0.15) is 0 Å². The van der Waals surface area contributed by atoms with Crippen LogP contribution in [0.5, 0.6) is 0 Å². The Balaban J connectivity index is 0.00000144. The molecule has 0 spiro atoms. The molecule has 1 heterocycles.